The first-order valence-electron chi connectivity index (χ1n) is 8.26. The summed E-state index contributed by atoms with van der Waals surface area (Å²) in [6, 6.07) is 3.75. The molecule has 10 heteroatoms. The van der Waals surface area contributed by atoms with Gasteiger partial charge in [-0.2, -0.15) is 18.2 Å². The summed E-state index contributed by atoms with van der Waals surface area (Å²) in [7, 11) is 1.31. The number of rotatable bonds is 2. The smallest absolute Gasteiger partial charge is 0.332 e. The summed E-state index contributed by atoms with van der Waals surface area (Å²) in [5, 5.41) is 3.91. The highest BCUT2D eigenvalue weighted by Crippen LogP contribution is 2.39. The van der Waals surface area contributed by atoms with Crippen LogP contribution < -0.4 is 5.56 Å². The Morgan fingerprint density at radius 2 is 2.00 bits per heavy atom. The minimum Gasteiger partial charge on any atom is -0.332 e. The van der Waals surface area contributed by atoms with Gasteiger partial charge in [-0.25, -0.2) is 4.98 Å². The quantitative estimate of drug-likeness (QED) is 0.538. The van der Waals surface area contributed by atoms with Crippen LogP contribution in [-0.2, 0) is 13.2 Å². The number of fused-ring (bicyclic) bond motifs is 3. The van der Waals surface area contributed by atoms with Crippen LogP contribution in [0.5, 0.6) is 0 Å². The summed E-state index contributed by atoms with van der Waals surface area (Å²) in [5.74, 6) is 0.903. The summed E-state index contributed by atoms with van der Waals surface area (Å²) >= 11 is 0. The van der Waals surface area contributed by atoms with Gasteiger partial charge in [0.1, 0.15) is 11.8 Å². The standard InChI is InChI=1S/C17H12F3N5O2/c1-24-12-9(17(18,19)20)3-2-4-10(12)25-7-21-11(13(25)16(24)26)15-22-14(23-27-15)8-5-6-8/h2-4,7-8H,5-6H2,1H3. The van der Waals surface area contributed by atoms with E-state index in [0.29, 0.717) is 5.82 Å². The Morgan fingerprint density at radius 1 is 1.22 bits per heavy atom. The summed E-state index contributed by atoms with van der Waals surface area (Å²) in [6.45, 7) is 0. The Labute approximate surface area is 149 Å². The van der Waals surface area contributed by atoms with Crippen LogP contribution in [0.2, 0.25) is 0 Å². The van der Waals surface area contributed by atoms with Crippen LogP contribution in [0.25, 0.3) is 28.1 Å². The summed E-state index contributed by atoms with van der Waals surface area (Å²) in [6.07, 6.45) is -1.33. The van der Waals surface area contributed by atoms with Crippen LogP contribution in [-0.4, -0.2) is 24.1 Å². The zero-order valence-electron chi connectivity index (χ0n) is 14.0. The van der Waals surface area contributed by atoms with E-state index in [1.165, 1.54) is 29.9 Å². The maximum atomic E-state index is 13.4. The van der Waals surface area contributed by atoms with Gasteiger partial charge in [-0.15, -0.1) is 0 Å². The fraction of sp³-hybridized carbons (Fsp3) is 0.294. The van der Waals surface area contributed by atoms with E-state index in [4.69, 9.17) is 4.52 Å². The summed E-state index contributed by atoms with van der Waals surface area (Å²) in [4.78, 5) is 21.3. The molecule has 7 nitrogen and oxygen atoms in total. The van der Waals surface area contributed by atoms with E-state index >= 15 is 0 Å². The maximum Gasteiger partial charge on any atom is 0.418 e. The van der Waals surface area contributed by atoms with Gasteiger partial charge in [0.15, 0.2) is 11.5 Å². The van der Waals surface area contributed by atoms with Gasteiger partial charge in [0, 0.05) is 13.0 Å². The highest BCUT2D eigenvalue weighted by molar-refractivity contribution is 5.85. The molecule has 1 aliphatic carbocycles. The predicted octanol–water partition coefficient (Wildman–Crippen LogP) is 3.13. The van der Waals surface area contributed by atoms with Gasteiger partial charge in [-0.3, -0.25) is 9.20 Å². The minimum absolute atomic E-state index is 0.0859. The Hall–Kier alpha value is -3.17. The van der Waals surface area contributed by atoms with Crippen molar-refractivity contribution in [3.05, 3.63) is 46.3 Å². The molecule has 0 saturated heterocycles. The first-order chi connectivity index (χ1) is 12.9. The van der Waals surface area contributed by atoms with Gasteiger partial charge in [-0.05, 0) is 25.0 Å². The number of benzene rings is 1. The van der Waals surface area contributed by atoms with E-state index < -0.39 is 17.3 Å². The molecule has 0 aliphatic heterocycles. The lowest BCUT2D eigenvalue weighted by atomic mass is 10.1. The zero-order chi connectivity index (χ0) is 18.9. The van der Waals surface area contributed by atoms with Crippen LogP contribution in [0.4, 0.5) is 13.2 Å². The molecule has 0 spiro atoms. The summed E-state index contributed by atoms with van der Waals surface area (Å²) in [5.41, 5.74) is -1.26. The third kappa shape index (κ3) is 2.29. The van der Waals surface area contributed by atoms with Gasteiger partial charge in [0.25, 0.3) is 11.4 Å². The minimum atomic E-state index is -4.59. The molecule has 1 aromatic carbocycles. The molecule has 1 saturated carbocycles. The van der Waals surface area contributed by atoms with Crippen LogP contribution >= 0.6 is 0 Å². The van der Waals surface area contributed by atoms with Gasteiger partial charge < -0.3 is 9.09 Å². The maximum absolute atomic E-state index is 13.4. The predicted molar refractivity (Wildman–Crippen MR) is 88.2 cm³/mol. The van der Waals surface area contributed by atoms with Gasteiger partial charge in [0.2, 0.25) is 0 Å². The molecule has 0 N–H and O–H groups in total. The third-order valence-electron chi connectivity index (χ3n) is 4.78. The van der Waals surface area contributed by atoms with E-state index in [9.17, 15) is 18.0 Å². The molecule has 138 valence electrons. The van der Waals surface area contributed by atoms with E-state index in [1.54, 1.807) is 0 Å². The molecule has 0 amide bonds. The van der Waals surface area contributed by atoms with E-state index in [1.807, 2.05) is 0 Å². The molecule has 4 aromatic rings. The number of imidazole rings is 1. The van der Waals surface area contributed by atoms with E-state index in [2.05, 4.69) is 15.1 Å². The van der Waals surface area contributed by atoms with Crippen molar-refractivity contribution in [2.75, 3.05) is 0 Å². The van der Waals surface area contributed by atoms with Crippen LogP contribution in [0.3, 0.4) is 0 Å². The lowest BCUT2D eigenvalue weighted by Gasteiger charge is -2.14. The number of nitrogens with zero attached hydrogens (tertiary/aromatic N) is 5. The van der Waals surface area contributed by atoms with Crippen LogP contribution in [0.15, 0.2) is 33.8 Å². The highest BCUT2D eigenvalue weighted by atomic mass is 19.4. The Kier molecular flexibility index (Phi) is 3.08. The summed E-state index contributed by atoms with van der Waals surface area (Å²) < 4.78 is 47.8. The van der Waals surface area contributed by atoms with Crippen LogP contribution in [0.1, 0.15) is 30.1 Å². The van der Waals surface area contributed by atoms with Crippen molar-refractivity contribution < 1.29 is 17.7 Å². The molecule has 3 aromatic heterocycles. The first-order valence-corrected chi connectivity index (χ1v) is 8.26. The molecule has 0 unspecified atom stereocenters. The number of para-hydroxylation sites is 1. The van der Waals surface area contributed by atoms with Gasteiger partial charge in [0.05, 0.1) is 16.6 Å². The largest absolute Gasteiger partial charge is 0.418 e. The Bertz CT molecular complexity index is 1260. The number of halogens is 3. The number of aromatic nitrogens is 5. The zero-order valence-corrected chi connectivity index (χ0v) is 14.0. The van der Waals surface area contributed by atoms with Crippen molar-refractivity contribution in [2.45, 2.75) is 24.9 Å². The fourth-order valence-electron chi connectivity index (χ4n) is 3.30. The van der Waals surface area contributed by atoms with Gasteiger partial charge in [-0.1, -0.05) is 11.2 Å². The third-order valence-corrected chi connectivity index (χ3v) is 4.78. The van der Waals surface area contributed by atoms with Crippen molar-refractivity contribution in [3.63, 3.8) is 0 Å². The number of hydrogen-bond donors (Lipinski definition) is 0. The average molecular weight is 375 g/mol. The fourth-order valence-corrected chi connectivity index (χ4v) is 3.30. The van der Waals surface area contributed by atoms with Crippen LogP contribution in [0, 0.1) is 0 Å². The van der Waals surface area contributed by atoms with Crippen molar-refractivity contribution in [1.82, 2.24) is 24.1 Å². The Morgan fingerprint density at radius 3 is 2.70 bits per heavy atom. The van der Waals surface area contributed by atoms with Crippen molar-refractivity contribution >= 4 is 16.6 Å². The number of alkyl halides is 3. The monoisotopic (exact) mass is 375 g/mol. The second kappa shape index (κ2) is 5.18. The molecular weight excluding hydrogens is 363 g/mol. The van der Waals surface area contributed by atoms with E-state index in [0.717, 1.165) is 23.5 Å². The second-order valence-corrected chi connectivity index (χ2v) is 6.58. The molecule has 0 bridgehead atoms. The molecule has 0 radical (unpaired) electrons. The molecule has 0 atom stereocenters. The van der Waals surface area contributed by atoms with Gasteiger partial charge >= 0.3 is 6.18 Å². The SMILES string of the molecule is Cn1c(=O)c2c(-c3nc(C4CC4)no3)ncn2c2cccc(C(F)(F)F)c21. The van der Waals surface area contributed by atoms with Crippen molar-refractivity contribution in [3.8, 4) is 11.6 Å². The van der Waals surface area contributed by atoms with Crippen molar-refractivity contribution in [1.29, 1.82) is 0 Å². The molecular formula is C17H12F3N5O2. The lowest BCUT2D eigenvalue weighted by Crippen LogP contribution is -2.22. The Balaban J connectivity index is 1.83. The first kappa shape index (κ1) is 16.0. The topological polar surface area (TPSA) is 78.2 Å². The number of aryl methyl sites for hydroxylation is 1. The number of hydrogen-bond acceptors (Lipinski definition) is 5. The normalized spacial score (nSPS) is 15.1. The lowest BCUT2D eigenvalue weighted by molar-refractivity contribution is -0.136. The molecule has 1 fully saturated rings. The highest BCUT2D eigenvalue weighted by Gasteiger charge is 2.35. The molecule has 5 rings (SSSR count). The second-order valence-electron chi connectivity index (χ2n) is 6.58. The molecule has 3 heterocycles. The molecule has 27 heavy (non-hydrogen) atoms. The molecule has 1 aliphatic rings. The average Bonchev–Trinajstić information content (AvgIpc) is 3.19. The van der Waals surface area contributed by atoms with E-state index in [-0.39, 0.29) is 34.1 Å². The van der Waals surface area contributed by atoms with Crippen molar-refractivity contribution in [2.24, 2.45) is 7.05 Å².